The van der Waals surface area contributed by atoms with Crippen molar-refractivity contribution < 1.29 is 18.3 Å². The van der Waals surface area contributed by atoms with Gasteiger partial charge in [-0.3, -0.25) is 0 Å². The molecular formula is C14H14F2O2. The molecule has 2 nitrogen and oxygen atoms in total. The van der Waals surface area contributed by atoms with E-state index in [0.29, 0.717) is 0 Å². The number of carbonyl (C=O) groups is 1. The van der Waals surface area contributed by atoms with Crippen LogP contribution >= 0.6 is 0 Å². The number of rotatable bonds is 5. The number of hydrogen-bond acceptors (Lipinski definition) is 2. The molecule has 2 rings (SSSR count). The van der Waals surface area contributed by atoms with Gasteiger partial charge in [0.25, 0.3) is 5.92 Å². The normalized spacial score (nSPS) is 20.9. The number of alkyl halides is 2. The second kappa shape index (κ2) is 5.29. The fourth-order valence-electron chi connectivity index (χ4n) is 1.63. The molecule has 1 aliphatic carbocycles. The minimum Gasteiger partial charge on any atom is -0.458 e. The van der Waals surface area contributed by atoms with Gasteiger partial charge in [-0.25, -0.2) is 13.6 Å². The summed E-state index contributed by atoms with van der Waals surface area (Å²) in [7, 11) is 0. The predicted molar refractivity (Wildman–Crippen MR) is 63.0 cm³/mol. The first-order valence-corrected chi connectivity index (χ1v) is 5.83. The summed E-state index contributed by atoms with van der Waals surface area (Å²) in [6, 6.07) is 9.28. The Labute approximate surface area is 104 Å². The average Bonchev–Trinajstić information content (AvgIpc) is 2.96. The van der Waals surface area contributed by atoms with Crippen LogP contribution in [0.25, 0.3) is 0 Å². The van der Waals surface area contributed by atoms with Crippen molar-refractivity contribution in [1.29, 1.82) is 0 Å². The van der Waals surface area contributed by atoms with Crippen molar-refractivity contribution in [3.63, 3.8) is 0 Å². The van der Waals surface area contributed by atoms with Gasteiger partial charge in [-0.05, 0) is 12.0 Å². The van der Waals surface area contributed by atoms with Gasteiger partial charge in [-0.1, -0.05) is 36.4 Å². The summed E-state index contributed by atoms with van der Waals surface area (Å²) in [5.41, 5.74) is 0.896. The van der Waals surface area contributed by atoms with Crippen molar-refractivity contribution in [2.45, 2.75) is 25.4 Å². The first-order valence-electron chi connectivity index (χ1n) is 5.83. The average molecular weight is 252 g/mol. The van der Waals surface area contributed by atoms with Crippen LogP contribution in [-0.4, -0.2) is 11.9 Å². The van der Waals surface area contributed by atoms with Crippen LogP contribution in [-0.2, 0) is 16.1 Å². The fourth-order valence-corrected chi connectivity index (χ4v) is 1.63. The quantitative estimate of drug-likeness (QED) is 0.593. The molecule has 0 N–H and O–H groups in total. The fraction of sp³-hybridized carbons (Fsp3) is 0.357. The van der Waals surface area contributed by atoms with E-state index in [1.807, 2.05) is 30.3 Å². The number of ether oxygens (including phenoxy) is 1. The van der Waals surface area contributed by atoms with Gasteiger partial charge in [0.15, 0.2) is 0 Å². The van der Waals surface area contributed by atoms with Gasteiger partial charge >= 0.3 is 5.97 Å². The summed E-state index contributed by atoms with van der Waals surface area (Å²) in [4.78, 5) is 11.3. The SMILES string of the molecule is O=C(/C=C/CC1CC1(F)F)OCc1ccccc1. The van der Waals surface area contributed by atoms with E-state index in [1.54, 1.807) is 0 Å². The molecule has 1 aliphatic rings. The highest BCUT2D eigenvalue weighted by Crippen LogP contribution is 2.50. The van der Waals surface area contributed by atoms with Crippen molar-refractivity contribution in [3.8, 4) is 0 Å². The second-order valence-corrected chi connectivity index (χ2v) is 4.39. The molecule has 0 aromatic heterocycles. The number of esters is 1. The third kappa shape index (κ3) is 3.65. The molecule has 1 saturated carbocycles. The molecule has 0 aliphatic heterocycles. The van der Waals surface area contributed by atoms with E-state index in [0.717, 1.165) is 5.56 Å². The largest absolute Gasteiger partial charge is 0.458 e. The van der Waals surface area contributed by atoms with Gasteiger partial charge < -0.3 is 4.74 Å². The lowest BCUT2D eigenvalue weighted by Gasteiger charge is -2.01. The highest BCUT2D eigenvalue weighted by molar-refractivity contribution is 5.81. The Morgan fingerprint density at radius 1 is 1.39 bits per heavy atom. The maximum Gasteiger partial charge on any atom is 0.330 e. The molecule has 0 radical (unpaired) electrons. The monoisotopic (exact) mass is 252 g/mol. The molecule has 0 heterocycles. The Morgan fingerprint density at radius 2 is 2.06 bits per heavy atom. The van der Waals surface area contributed by atoms with E-state index in [-0.39, 0.29) is 19.4 Å². The molecule has 0 bridgehead atoms. The van der Waals surface area contributed by atoms with Crippen molar-refractivity contribution in [1.82, 2.24) is 0 Å². The van der Waals surface area contributed by atoms with Crippen LogP contribution in [0.3, 0.4) is 0 Å². The Hall–Kier alpha value is -1.71. The van der Waals surface area contributed by atoms with Crippen LogP contribution in [0.1, 0.15) is 18.4 Å². The zero-order valence-electron chi connectivity index (χ0n) is 9.81. The van der Waals surface area contributed by atoms with Crippen LogP contribution in [0.2, 0.25) is 0 Å². The van der Waals surface area contributed by atoms with Crippen LogP contribution in [0.15, 0.2) is 42.5 Å². The molecule has 1 aromatic carbocycles. The maximum atomic E-state index is 12.5. The van der Waals surface area contributed by atoms with E-state index in [9.17, 15) is 13.6 Å². The van der Waals surface area contributed by atoms with E-state index in [1.165, 1.54) is 12.2 Å². The summed E-state index contributed by atoms with van der Waals surface area (Å²) < 4.78 is 30.0. The summed E-state index contributed by atoms with van der Waals surface area (Å²) in [5, 5.41) is 0. The maximum absolute atomic E-state index is 12.5. The number of hydrogen-bond donors (Lipinski definition) is 0. The van der Waals surface area contributed by atoms with E-state index >= 15 is 0 Å². The molecular weight excluding hydrogens is 238 g/mol. The molecule has 0 spiro atoms. The van der Waals surface area contributed by atoms with Crippen LogP contribution in [0.4, 0.5) is 8.78 Å². The molecule has 4 heteroatoms. The molecule has 0 saturated heterocycles. The third-order valence-corrected chi connectivity index (χ3v) is 2.85. The molecule has 1 fully saturated rings. The Kier molecular flexibility index (Phi) is 3.75. The molecule has 96 valence electrons. The minimum absolute atomic E-state index is 0.0730. The van der Waals surface area contributed by atoms with Crippen LogP contribution in [0, 0.1) is 5.92 Å². The molecule has 0 amide bonds. The number of halogens is 2. The smallest absolute Gasteiger partial charge is 0.330 e. The topological polar surface area (TPSA) is 26.3 Å². The number of allylic oxidation sites excluding steroid dienone is 1. The zero-order chi connectivity index (χ0) is 13.0. The molecule has 1 atom stereocenters. The summed E-state index contributed by atoms with van der Waals surface area (Å²) in [6.45, 7) is 0.198. The highest BCUT2D eigenvalue weighted by atomic mass is 19.3. The molecule has 1 aromatic rings. The van der Waals surface area contributed by atoms with Gasteiger partial charge in [-0.15, -0.1) is 0 Å². The standard InChI is InChI=1S/C14H14F2O2/c15-14(16)9-12(14)7-4-8-13(17)18-10-11-5-2-1-3-6-11/h1-6,8,12H,7,9-10H2/b8-4+. The van der Waals surface area contributed by atoms with E-state index in [2.05, 4.69) is 0 Å². The number of carbonyl (C=O) groups excluding carboxylic acids is 1. The van der Waals surface area contributed by atoms with E-state index in [4.69, 9.17) is 4.74 Å². The highest BCUT2D eigenvalue weighted by Gasteiger charge is 2.55. The Morgan fingerprint density at radius 3 is 2.67 bits per heavy atom. The second-order valence-electron chi connectivity index (χ2n) is 4.39. The van der Waals surface area contributed by atoms with Gasteiger partial charge in [-0.2, -0.15) is 0 Å². The van der Waals surface area contributed by atoms with Gasteiger partial charge in [0, 0.05) is 18.4 Å². The Bertz CT molecular complexity index is 440. The lowest BCUT2D eigenvalue weighted by Crippen LogP contribution is -2.00. The lowest BCUT2D eigenvalue weighted by molar-refractivity contribution is -0.139. The van der Waals surface area contributed by atoms with Crippen LogP contribution in [0.5, 0.6) is 0 Å². The van der Waals surface area contributed by atoms with Crippen molar-refractivity contribution in [3.05, 3.63) is 48.0 Å². The first kappa shape index (κ1) is 12.7. The first-order chi connectivity index (χ1) is 8.58. The van der Waals surface area contributed by atoms with Gasteiger partial charge in [0.2, 0.25) is 0 Å². The zero-order valence-corrected chi connectivity index (χ0v) is 9.81. The summed E-state index contributed by atoms with van der Waals surface area (Å²) in [6.07, 6.45) is 2.83. The minimum atomic E-state index is -2.53. The van der Waals surface area contributed by atoms with Crippen molar-refractivity contribution >= 4 is 5.97 Å². The van der Waals surface area contributed by atoms with Crippen LogP contribution < -0.4 is 0 Å². The van der Waals surface area contributed by atoms with Crippen molar-refractivity contribution in [2.75, 3.05) is 0 Å². The summed E-state index contributed by atoms with van der Waals surface area (Å²) >= 11 is 0. The lowest BCUT2D eigenvalue weighted by atomic mass is 10.2. The van der Waals surface area contributed by atoms with E-state index < -0.39 is 17.8 Å². The third-order valence-electron chi connectivity index (χ3n) is 2.85. The molecule has 1 unspecified atom stereocenters. The Balaban J connectivity index is 1.68. The molecule has 18 heavy (non-hydrogen) atoms. The number of benzene rings is 1. The summed E-state index contributed by atoms with van der Waals surface area (Å²) in [5.74, 6) is -3.63. The predicted octanol–water partition coefficient (Wildman–Crippen LogP) is 3.33. The van der Waals surface area contributed by atoms with Crippen molar-refractivity contribution in [2.24, 2.45) is 5.92 Å². The van der Waals surface area contributed by atoms with Gasteiger partial charge in [0.05, 0.1) is 0 Å². The van der Waals surface area contributed by atoms with Gasteiger partial charge in [0.1, 0.15) is 6.61 Å².